The Morgan fingerprint density at radius 3 is 2.52 bits per heavy atom. The lowest BCUT2D eigenvalue weighted by Gasteiger charge is -2.06. The van der Waals surface area contributed by atoms with Gasteiger partial charge in [-0.3, -0.25) is 4.79 Å². The summed E-state index contributed by atoms with van der Waals surface area (Å²) in [6.07, 6.45) is 0. The Balaban J connectivity index is 2.30. The molecule has 5 nitrogen and oxygen atoms in total. The molecule has 1 aromatic heterocycles. The number of hydrogen-bond acceptors (Lipinski definition) is 3. The molecule has 2 aromatic rings. The Hall–Kier alpha value is -2.56. The number of aryl methyl sites for hydroxylation is 2. The first-order chi connectivity index (χ1) is 9.93. The van der Waals surface area contributed by atoms with Crippen molar-refractivity contribution in [1.29, 1.82) is 0 Å². The van der Waals surface area contributed by atoms with Gasteiger partial charge in [-0.2, -0.15) is 0 Å². The summed E-state index contributed by atoms with van der Waals surface area (Å²) in [5.41, 5.74) is 3.76. The fourth-order valence-corrected chi connectivity index (χ4v) is 2.30. The van der Waals surface area contributed by atoms with Gasteiger partial charge in [0.15, 0.2) is 0 Å². The molecule has 0 saturated heterocycles. The summed E-state index contributed by atoms with van der Waals surface area (Å²) >= 11 is 0. The number of amides is 1. The van der Waals surface area contributed by atoms with Gasteiger partial charge in [-0.05, 0) is 44.0 Å². The SMILES string of the molecule is COC(=O)c1c(C)[nH]c(C(=O)Nc2cccc(C)c2)c1C. The summed E-state index contributed by atoms with van der Waals surface area (Å²) in [7, 11) is 1.32. The number of esters is 1. The van der Waals surface area contributed by atoms with Crippen LogP contribution in [-0.4, -0.2) is 24.0 Å². The van der Waals surface area contributed by atoms with E-state index in [1.807, 2.05) is 31.2 Å². The molecule has 2 N–H and O–H groups in total. The quantitative estimate of drug-likeness (QED) is 0.852. The maximum atomic E-state index is 12.3. The third-order valence-electron chi connectivity index (χ3n) is 3.33. The minimum absolute atomic E-state index is 0.281. The van der Waals surface area contributed by atoms with Crippen LogP contribution < -0.4 is 5.32 Å². The maximum Gasteiger partial charge on any atom is 0.339 e. The van der Waals surface area contributed by atoms with Crippen molar-refractivity contribution in [1.82, 2.24) is 4.98 Å². The van der Waals surface area contributed by atoms with E-state index >= 15 is 0 Å². The van der Waals surface area contributed by atoms with Crippen LogP contribution in [0, 0.1) is 20.8 Å². The van der Waals surface area contributed by atoms with Crippen LogP contribution in [0.4, 0.5) is 5.69 Å². The highest BCUT2D eigenvalue weighted by atomic mass is 16.5. The first kappa shape index (κ1) is 14.8. The van der Waals surface area contributed by atoms with Crippen molar-refractivity contribution in [2.45, 2.75) is 20.8 Å². The molecule has 1 aromatic carbocycles. The molecule has 0 aliphatic heterocycles. The summed E-state index contributed by atoms with van der Waals surface area (Å²) in [6.45, 7) is 5.42. The first-order valence-corrected chi connectivity index (χ1v) is 6.59. The number of benzene rings is 1. The van der Waals surface area contributed by atoms with Crippen LogP contribution in [0.1, 0.15) is 37.7 Å². The standard InChI is InChI=1S/C16H18N2O3/c1-9-6-5-7-12(8-9)18-15(19)14-10(2)13(11(3)17-14)16(20)21-4/h5-8,17H,1-4H3,(H,18,19). The lowest BCUT2D eigenvalue weighted by Crippen LogP contribution is -2.14. The number of aromatic nitrogens is 1. The minimum atomic E-state index is -0.448. The van der Waals surface area contributed by atoms with E-state index in [-0.39, 0.29) is 5.91 Å². The Labute approximate surface area is 123 Å². The number of carbonyl (C=O) groups is 2. The number of rotatable bonds is 3. The smallest absolute Gasteiger partial charge is 0.339 e. The fourth-order valence-electron chi connectivity index (χ4n) is 2.30. The van der Waals surface area contributed by atoms with E-state index in [1.54, 1.807) is 13.8 Å². The summed E-state index contributed by atoms with van der Waals surface area (Å²) in [4.78, 5) is 27.0. The second-order valence-corrected chi connectivity index (χ2v) is 4.94. The van der Waals surface area contributed by atoms with Crippen LogP contribution in [-0.2, 0) is 4.74 Å². The molecule has 0 aliphatic rings. The van der Waals surface area contributed by atoms with Crippen molar-refractivity contribution in [2.24, 2.45) is 0 Å². The molecule has 1 heterocycles. The molecule has 0 saturated carbocycles. The number of nitrogens with one attached hydrogen (secondary N) is 2. The van der Waals surface area contributed by atoms with Gasteiger partial charge in [0.25, 0.3) is 5.91 Å². The summed E-state index contributed by atoms with van der Waals surface area (Å²) in [5.74, 6) is -0.729. The minimum Gasteiger partial charge on any atom is -0.465 e. The van der Waals surface area contributed by atoms with E-state index in [4.69, 9.17) is 4.74 Å². The van der Waals surface area contributed by atoms with Crippen molar-refractivity contribution in [2.75, 3.05) is 12.4 Å². The lowest BCUT2D eigenvalue weighted by atomic mass is 10.1. The van der Waals surface area contributed by atoms with Crippen molar-refractivity contribution in [3.63, 3.8) is 0 Å². The Bertz CT molecular complexity index is 702. The van der Waals surface area contributed by atoms with Crippen molar-refractivity contribution < 1.29 is 14.3 Å². The van der Waals surface area contributed by atoms with Crippen molar-refractivity contribution >= 4 is 17.6 Å². The Morgan fingerprint density at radius 1 is 1.19 bits per heavy atom. The molecule has 110 valence electrons. The fraction of sp³-hybridized carbons (Fsp3) is 0.250. The van der Waals surface area contributed by atoms with Crippen LogP contribution in [0.5, 0.6) is 0 Å². The van der Waals surface area contributed by atoms with Gasteiger partial charge in [-0.15, -0.1) is 0 Å². The molecular formula is C16H18N2O3. The molecule has 2 rings (SSSR count). The van der Waals surface area contributed by atoms with Crippen molar-refractivity contribution in [3.8, 4) is 0 Å². The molecule has 0 radical (unpaired) electrons. The highest BCUT2D eigenvalue weighted by Crippen LogP contribution is 2.20. The number of H-pyrrole nitrogens is 1. The van der Waals surface area contributed by atoms with Crippen molar-refractivity contribution in [3.05, 3.63) is 52.3 Å². The lowest BCUT2D eigenvalue weighted by molar-refractivity contribution is 0.0599. The highest BCUT2D eigenvalue weighted by Gasteiger charge is 2.22. The largest absolute Gasteiger partial charge is 0.465 e. The topological polar surface area (TPSA) is 71.2 Å². The normalized spacial score (nSPS) is 10.3. The van der Waals surface area contributed by atoms with E-state index in [1.165, 1.54) is 7.11 Å². The molecular weight excluding hydrogens is 268 g/mol. The zero-order chi connectivity index (χ0) is 15.6. The molecule has 0 atom stereocenters. The number of hydrogen-bond donors (Lipinski definition) is 2. The van der Waals surface area contributed by atoms with Crippen LogP contribution in [0.25, 0.3) is 0 Å². The predicted octanol–water partition coefficient (Wildman–Crippen LogP) is 2.98. The second-order valence-electron chi connectivity index (χ2n) is 4.94. The van der Waals surface area contributed by atoms with Crippen LogP contribution >= 0.6 is 0 Å². The molecule has 0 aliphatic carbocycles. The van der Waals surface area contributed by atoms with Gasteiger partial charge in [-0.1, -0.05) is 12.1 Å². The van der Waals surface area contributed by atoms with Gasteiger partial charge in [-0.25, -0.2) is 4.79 Å². The molecule has 0 unspecified atom stereocenters. The molecule has 0 spiro atoms. The number of aromatic amines is 1. The maximum absolute atomic E-state index is 12.3. The van der Waals surface area contributed by atoms with Crippen LogP contribution in [0.3, 0.4) is 0 Å². The average molecular weight is 286 g/mol. The Kier molecular flexibility index (Phi) is 4.12. The number of methoxy groups -OCH3 is 1. The summed E-state index contributed by atoms with van der Waals surface area (Å²) in [6, 6.07) is 7.52. The molecule has 0 fully saturated rings. The summed E-state index contributed by atoms with van der Waals surface area (Å²) in [5, 5.41) is 2.82. The van der Waals surface area contributed by atoms with Gasteiger partial charge in [0.1, 0.15) is 5.69 Å². The molecule has 1 amide bonds. The van der Waals surface area contributed by atoms with E-state index in [2.05, 4.69) is 10.3 Å². The van der Waals surface area contributed by atoms with Crippen LogP contribution in [0.15, 0.2) is 24.3 Å². The van der Waals surface area contributed by atoms with Crippen LogP contribution in [0.2, 0.25) is 0 Å². The van der Waals surface area contributed by atoms with Gasteiger partial charge >= 0.3 is 5.97 Å². The third kappa shape index (κ3) is 2.97. The molecule has 0 bridgehead atoms. The van der Waals surface area contributed by atoms with Gasteiger partial charge in [0.2, 0.25) is 0 Å². The molecule has 5 heteroatoms. The number of ether oxygens (including phenoxy) is 1. The molecule has 21 heavy (non-hydrogen) atoms. The zero-order valence-corrected chi connectivity index (χ0v) is 12.5. The Morgan fingerprint density at radius 2 is 1.90 bits per heavy atom. The second kappa shape index (κ2) is 5.83. The number of anilines is 1. The van der Waals surface area contributed by atoms with E-state index in [0.29, 0.717) is 28.2 Å². The summed E-state index contributed by atoms with van der Waals surface area (Å²) < 4.78 is 4.73. The first-order valence-electron chi connectivity index (χ1n) is 6.59. The van der Waals surface area contributed by atoms with Gasteiger partial charge < -0.3 is 15.0 Å². The van der Waals surface area contributed by atoms with E-state index in [9.17, 15) is 9.59 Å². The third-order valence-corrected chi connectivity index (χ3v) is 3.33. The zero-order valence-electron chi connectivity index (χ0n) is 12.5. The highest BCUT2D eigenvalue weighted by molar-refractivity contribution is 6.06. The predicted molar refractivity (Wildman–Crippen MR) is 80.7 cm³/mol. The monoisotopic (exact) mass is 286 g/mol. The average Bonchev–Trinajstić information content (AvgIpc) is 2.73. The van der Waals surface area contributed by atoms with Gasteiger partial charge in [0, 0.05) is 11.4 Å². The van der Waals surface area contributed by atoms with E-state index in [0.717, 1.165) is 5.56 Å². The van der Waals surface area contributed by atoms with Gasteiger partial charge in [0.05, 0.1) is 12.7 Å². The van der Waals surface area contributed by atoms with E-state index < -0.39 is 5.97 Å². The number of carbonyl (C=O) groups excluding carboxylic acids is 2.